The van der Waals surface area contributed by atoms with E-state index in [0.717, 1.165) is 50.5 Å². The van der Waals surface area contributed by atoms with E-state index < -0.39 is 0 Å². The van der Waals surface area contributed by atoms with Crippen LogP contribution < -0.4 is 4.74 Å². The minimum atomic E-state index is 0. The number of aromatic nitrogens is 2. The first-order valence-electron chi connectivity index (χ1n) is 10.5. The first kappa shape index (κ1) is 26.4. The number of hydrogen-bond acceptors (Lipinski definition) is 4. The summed E-state index contributed by atoms with van der Waals surface area (Å²) in [7, 11) is 1.66. The Morgan fingerprint density at radius 2 is 1.27 bits per heavy atom. The van der Waals surface area contributed by atoms with Gasteiger partial charge in [-0.3, -0.25) is 0 Å². The number of nitrogens with zero attached hydrogens (tertiary/aromatic N) is 2. The predicted molar refractivity (Wildman–Crippen MR) is 128 cm³/mol. The molecule has 0 spiro atoms. The Labute approximate surface area is 211 Å². The SMILES string of the molecule is COc1ccnc(-c2[c-]c(C)ccc2C)c1.Cc1[c-]c(-c2cc(CO)ccn2)c(C)cc1.[Pt+2]. The molecular weight excluding hydrogens is 591 g/mol. The summed E-state index contributed by atoms with van der Waals surface area (Å²) in [6.45, 7) is 8.19. The second-order valence-electron chi connectivity index (χ2n) is 7.69. The number of rotatable bonds is 4. The zero-order valence-corrected chi connectivity index (χ0v) is 21.8. The van der Waals surface area contributed by atoms with E-state index in [0.29, 0.717) is 0 Å². The molecule has 0 saturated carbocycles. The van der Waals surface area contributed by atoms with E-state index in [2.05, 4.69) is 47.2 Å². The number of ether oxygens (including phenoxy) is 1. The van der Waals surface area contributed by atoms with Crippen molar-refractivity contribution in [1.82, 2.24) is 9.97 Å². The van der Waals surface area contributed by atoms with Crippen LogP contribution in [0.5, 0.6) is 5.75 Å². The molecule has 1 N–H and O–H groups in total. The summed E-state index contributed by atoms with van der Waals surface area (Å²) < 4.78 is 5.19. The zero-order chi connectivity index (χ0) is 23.1. The van der Waals surface area contributed by atoms with E-state index in [4.69, 9.17) is 9.84 Å². The normalized spacial score (nSPS) is 10.0. The fourth-order valence-electron chi connectivity index (χ4n) is 3.26. The number of hydrogen-bond donors (Lipinski definition) is 1. The van der Waals surface area contributed by atoms with Crippen LogP contribution in [0.1, 0.15) is 27.8 Å². The molecule has 2 heterocycles. The Kier molecular flexibility index (Phi) is 9.96. The molecule has 0 radical (unpaired) electrons. The largest absolute Gasteiger partial charge is 2.00 e. The smallest absolute Gasteiger partial charge is 0.497 e. The van der Waals surface area contributed by atoms with Gasteiger partial charge in [0.15, 0.2) is 0 Å². The van der Waals surface area contributed by atoms with Crippen molar-refractivity contribution >= 4 is 0 Å². The average Bonchev–Trinajstić information content (AvgIpc) is 2.82. The molecule has 4 rings (SSSR count). The number of pyridine rings is 2. The van der Waals surface area contributed by atoms with Gasteiger partial charge in [0.1, 0.15) is 5.75 Å². The molecule has 33 heavy (non-hydrogen) atoms. The van der Waals surface area contributed by atoms with Gasteiger partial charge in [-0.15, -0.1) is 69.8 Å². The second kappa shape index (κ2) is 12.4. The number of aliphatic hydroxyl groups is 1. The molecule has 4 aromatic rings. The van der Waals surface area contributed by atoms with Gasteiger partial charge in [-0.2, -0.15) is 0 Å². The van der Waals surface area contributed by atoms with Crippen LogP contribution in [0.25, 0.3) is 22.5 Å². The molecule has 4 nitrogen and oxygen atoms in total. The third-order valence-corrected chi connectivity index (χ3v) is 5.09. The number of benzene rings is 2. The van der Waals surface area contributed by atoms with E-state index in [1.165, 1.54) is 5.56 Å². The van der Waals surface area contributed by atoms with Gasteiger partial charge in [-0.25, -0.2) is 0 Å². The molecular formula is C28H28N2O2Pt. The van der Waals surface area contributed by atoms with Crippen LogP contribution in [0.2, 0.25) is 0 Å². The number of methoxy groups -OCH3 is 1. The fraction of sp³-hybridized carbons (Fsp3) is 0.214. The van der Waals surface area contributed by atoms with Gasteiger partial charge in [-0.05, 0) is 35.2 Å². The van der Waals surface area contributed by atoms with Gasteiger partial charge in [0.2, 0.25) is 0 Å². The summed E-state index contributed by atoms with van der Waals surface area (Å²) in [5.74, 6) is 0.819. The summed E-state index contributed by atoms with van der Waals surface area (Å²) in [6.07, 6.45) is 3.47. The van der Waals surface area contributed by atoms with Crippen LogP contribution in [-0.4, -0.2) is 22.2 Å². The Hall–Kier alpha value is -2.81. The Morgan fingerprint density at radius 1 is 0.758 bits per heavy atom. The van der Waals surface area contributed by atoms with E-state index in [-0.39, 0.29) is 27.7 Å². The second-order valence-corrected chi connectivity index (χ2v) is 7.69. The average molecular weight is 620 g/mol. The van der Waals surface area contributed by atoms with Crippen molar-refractivity contribution in [1.29, 1.82) is 0 Å². The molecule has 0 aliphatic rings. The molecule has 0 atom stereocenters. The predicted octanol–water partition coefficient (Wildman–Crippen LogP) is 5.83. The zero-order valence-electron chi connectivity index (χ0n) is 19.5. The Morgan fingerprint density at radius 3 is 1.79 bits per heavy atom. The summed E-state index contributed by atoms with van der Waals surface area (Å²) in [5, 5.41) is 9.09. The molecule has 5 heteroatoms. The molecule has 0 amide bonds. The van der Waals surface area contributed by atoms with Crippen molar-refractivity contribution in [3.8, 4) is 28.3 Å². The number of aliphatic hydroxyl groups excluding tert-OH is 1. The van der Waals surface area contributed by atoms with E-state index >= 15 is 0 Å². The van der Waals surface area contributed by atoms with Gasteiger partial charge in [0, 0.05) is 12.4 Å². The molecule has 172 valence electrons. The topological polar surface area (TPSA) is 55.2 Å². The molecule has 2 aromatic carbocycles. The van der Waals surface area contributed by atoms with Crippen LogP contribution in [0.3, 0.4) is 0 Å². The maximum Gasteiger partial charge on any atom is 2.00 e. The van der Waals surface area contributed by atoms with Crippen LogP contribution in [0.15, 0.2) is 60.9 Å². The maximum atomic E-state index is 9.09. The molecule has 0 aliphatic carbocycles. The van der Waals surface area contributed by atoms with Gasteiger partial charge < -0.3 is 19.8 Å². The maximum absolute atomic E-state index is 9.09. The summed E-state index contributed by atoms with van der Waals surface area (Å²) in [4.78, 5) is 8.67. The molecule has 2 aromatic heterocycles. The van der Waals surface area contributed by atoms with E-state index in [1.54, 1.807) is 19.5 Å². The van der Waals surface area contributed by atoms with Gasteiger partial charge in [-0.1, -0.05) is 33.8 Å². The van der Waals surface area contributed by atoms with Gasteiger partial charge in [0.25, 0.3) is 0 Å². The van der Waals surface area contributed by atoms with Crippen molar-refractivity contribution in [2.75, 3.05) is 7.11 Å². The first-order chi connectivity index (χ1) is 15.4. The van der Waals surface area contributed by atoms with Crippen molar-refractivity contribution < 1.29 is 30.9 Å². The fourth-order valence-corrected chi connectivity index (χ4v) is 3.26. The van der Waals surface area contributed by atoms with Gasteiger partial charge in [0.05, 0.1) is 13.7 Å². The van der Waals surface area contributed by atoms with Crippen LogP contribution >= 0.6 is 0 Å². The van der Waals surface area contributed by atoms with Gasteiger partial charge >= 0.3 is 21.1 Å². The van der Waals surface area contributed by atoms with Crippen LogP contribution in [0.4, 0.5) is 0 Å². The van der Waals surface area contributed by atoms with Crippen LogP contribution in [0, 0.1) is 39.8 Å². The Bertz CT molecular complexity index is 1110. The minimum absolute atomic E-state index is 0. The third-order valence-electron chi connectivity index (χ3n) is 5.09. The molecule has 0 aliphatic heterocycles. The van der Waals surface area contributed by atoms with Crippen molar-refractivity contribution in [3.05, 3.63) is 101 Å². The summed E-state index contributed by atoms with van der Waals surface area (Å²) in [6, 6.07) is 22.4. The molecule has 0 fully saturated rings. The summed E-state index contributed by atoms with van der Waals surface area (Å²) >= 11 is 0. The molecule has 0 unspecified atom stereocenters. The standard InChI is InChI=1S/2C14H14NO.Pt/c1-10-4-5-11(2)13(8-10)14-9-12(16-3)6-7-15-14;1-10-3-4-11(2)13(7-10)14-8-12(9-16)5-6-15-14;/h4-7,9H,1-3H3;3-6,8,16H,9H2,1-2H3;/q2*-1;+2. The van der Waals surface area contributed by atoms with E-state index in [9.17, 15) is 0 Å². The van der Waals surface area contributed by atoms with Crippen LogP contribution in [-0.2, 0) is 27.7 Å². The molecule has 0 bridgehead atoms. The monoisotopic (exact) mass is 619 g/mol. The van der Waals surface area contributed by atoms with Crippen molar-refractivity contribution in [2.24, 2.45) is 0 Å². The third kappa shape index (κ3) is 7.08. The summed E-state index contributed by atoms with van der Waals surface area (Å²) in [5.41, 5.74) is 9.23. The van der Waals surface area contributed by atoms with Crippen molar-refractivity contribution in [2.45, 2.75) is 34.3 Å². The minimum Gasteiger partial charge on any atom is -0.497 e. The molecule has 0 saturated heterocycles. The van der Waals surface area contributed by atoms with Crippen molar-refractivity contribution in [3.63, 3.8) is 0 Å². The first-order valence-corrected chi connectivity index (χ1v) is 10.5. The number of aryl methyl sites for hydroxylation is 4. The Balaban J connectivity index is 0.000000227. The van der Waals surface area contributed by atoms with E-state index in [1.807, 2.05) is 51.1 Å². The quantitative estimate of drug-likeness (QED) is 0.292.